The SMILES string of the molecule is O=C(O[C@H](C(=O)c1ccccc1)c1ccc(Cl)cc1)c1ccc2c(c1)C(=O)N(c1cccc(Cl)c1Cl)C2=O. The molecule has 0 N–H and O–H groups in total. The predicted octanol–water partition coefficient (Wildman–Crippen LogP) is 7.23. The molecule has 0 aliphatic carbocycles. The van der Waals surface area contributed by atoms with Gasteiger partial charge in [-0.1, -0.05) is 83.3 Å². The van der Waals surface area contributed by atoms with Crippen LogP contribution < -0.4 is 4.90 Å². The number of ketones is 1. The summed E-state index contributed by atoms with van der Waals surface area (Å²) in [7, 11) is 0. The van der Waals surface area contributed by atoms with Crippen LogP contribution in [0, 0.1) is 0 Å². The molecule has 38 heavy (non-hydrogen) atoms. The third kappa shape index (κ3) is 4.70. The lowest BCUT2D eigenvalue weighted by Crippen LogP contribution is -2.29. The smallest absolute Gasteiger partial charge is 0.339 e. The molecule has 0 spiro atoms. The number of ether oxygens (including phenoxy) is 1. The molecule has 5 rings (SSSR count). The summed E-state index contributed by atoms with van der Waals surface area (Å²) in [5, 5.41) is 0.687. The molecular weight excluding hydrogens is 549 g/mol. The van der Waals surface area contributed by atoms with Crippen LogP contribution >= 0.6 is 34.8 Å². The summed E-state index contributed by atoms with van der Waals surface area (Å²) in [6.07, 6.45) is -1.27. The number of amides is 2. The van der Waals surface area contributed by atoms with E-state index in [4.69, 9.17) is 39.5 Å². The summed E-state index contributed by atoms with van der Waals surface area (Å²) >= 11 is 18.3. The Morgan fingerprint density at radius 3 is 2.11 bits per heavy atom. The Bertz CT molecular complexity index is 1600. The van der Waals surface area contributed by atoms with E-state index >= 15 is 0 Å². The first-order valence-electron chi connectivity index (χ1n) is 11.3. The quantitative estimate of drug-likeness (QED) is 0.140. The number of fused-ring (bicyclic) bond motifs is 1. The maximum Gasteiger partial charge on any atom is 0.339 e. The lowest BCUT2D eigenvalue weighted by molar-refractivity contribution is 0.0280. The van der Waals surface area contributed by atoms with Crippen molar-refractivity contribution >= 4 is 64.1 Å². The van der Waals surface area contributed by atoms with Crippen LogP contribution in [0.15, 0.2) is 91.0 Å². The van der Waals surface area contributed by atoms with E-state index in [0.717, 1.165) is 4.90 Å². The van der Waals surface area contributed by atoms with E-state index in [9.17, 15) is 19.2 Å². The molecule has 2 amide bonds. The fourth-order valence-corrected chi connectivity index (χ4v) is 4.60. The molecule has 0 saturated heterocycles. The van der Waals surface area contributed by atoms with Gasteiger partial charge in [0.2, 0.25) is 5.78 Å². The van der Waals surface area contributed by atoms with E-state index in [1.807, 2.05) is 0 Å². The van der Waals surface area contributed by atoms with Gasteiger partial charge in [-0.15, -0.1) is 0 Å². The largest absolute Gasteiger partial charge is 0.445 e. The average Bonchev–Trinajstić information content (AvgIpc) is 3.18. The van der Waals surface area contributed by atoms with Crippen LogP contribution in [-0.2, 0) is 4.74 Å². The normalized spacial score (nSPS) is 13.3. The number of hydrogen-bond acceptors (Lipinski definition) is 5. The molecular formula is C29H16Cl3NO5. The summed E-state index contributed by atoms with van der Waals surface area (Å²) in [5.41, 5.74) is 0.986. The number of carbonyl (C=O) groups excluding carboxylic acids is 4. The molecule has 1 heterocycles. The minimum atomic E-state index is -1.27. The van der Waals surface area contributed by atoms with Gasteiger partial charge in [0.15, 0.2) is 6.10 Å². The number of imide groups is 1. The monoisotopic (exact) mass is 563 g/mol. The van der Waals surface area contributed by atoms with Gasteiger partial charge in [-0.2, -0.15) is 0 Å². The summed E-state index contributed by atoms with van der Waals surface area (Å²) in [6.45, 7) is 0. The highest BCUT2D eigenvalue weighted by molar-refractivity contribution is 6.46. The van der Waals surface area contributed by atoms with Crippen molar-refractivity contribution in [3.63, 3.8) is 0 Å². The van der Waals surface area contributed by atoms with E-state index in [1.54, 1.807) is 60.7 Å². The second kappa shape index (κ2) is 10.4. The van der Waals surface area contributed by atoms with Gasteiger partial charge in [0, 0.05) is 16.1 Å². The van der Waals surface area contributed by atoms with Crippen molar-refractivity contribution in [1.82, 2.24) is 0 Å². The first kappa shape index (κ1) is 25.7. The Morgan fingerprint density at radius 1 is 0.711 bits per heavy atom. The average molecular weight is 565 g/mol. The van der Waals surface area contributed by atoms with Gasteiger partial charge in [0.25, 0.3) is 11.8 Å². The number of carbonyl (C=O) groups is 4. The molecule has 0 bridgehead atoms. The molecule has 0 fully saturated rings. The fourth-order valence-electron chi connectivity index (χ4n) is 4.09. The predicted molar refractivity (Wildman–Crippen MR) is 144 cm³/mol. The van der Waals surface area contributed by atoms with Crippen LogP contribution in [0.3, 0.4) is 0 Å². The number of esters is 1. The van der Waals surface area contributed by atoms with Crippen LogP contribution in [0.4, 0.5) is 5.69 Å². The summed E-state index contributed by atoms with van der Waals surface area (Å²) in [4.78, 5) is 53.6. The molecule has 188 valence electrons. The van der Waals surface area contributed by atoms with Gasteiger partial charge in [-0.25, -0.2) is 9.69 Å². The first-order chi connectivity index (χ1) is 18.3. The van der Waals surface area contributed by atoms with Gasteiger partial charge in [0.1, 0.15) is 0 Å². The molecule has 0 saturated carbocycles. The minimum Gasteiger partial charge on any atom is -0.445 e. The van der Waals surface area contributed by atoms with E-state index in [-0.39, 0.29) is 32.4 Å². The second-order valence-corrected chi connectivity index (χ2v) is 9.57. The van der Waals surface area contributed by atoms with Crippen molar-refractivity contribution in [2.75, 3.05) is 4.90 Å². The van der Waals surface area contributed by atoms with Crippen LogP contribution in [0.5, 0.6) is 0 Å². The second-order valence-electron chi connectivity index (χ2n) is 8.35. The number of rotatable bonds is 6. The van der Waals surface area contributed by atoms with Crippen molar-refractivity contribution in [2.24, 2.45) is 0 Å². The fraction of sp³-hybridized carbons (Fsp3) is 0.0345. The summed E-state index contributed by atoms with van der Waals surface area (Å²) < 4.78 is 5.67. The van der Waals surface area contributed by atoms with Crippen LogP contribution in [0.25, 0.3) is 0 Å². The third-order valence-corrected chi connectivity index (χ3v) is 7.05. The number of Topliss-reactive ketones (excluding diaryl/α,β-unsaturated/α-hetero) is 1. The maximum atomic E-state index is 13.3. The zero-order valence-electron chi connectivity index (χ0n) is 19.4. The highest BCUT2D eigenvalue weighted by atomic mass is 35.5. The first-order valence-corrected chi connectivity index (χ1v) is 12.4. The minimum absolute atomic E-state index is 0.00192. The summed E-state index contributed by atoms with van der Waals surface area (Å²) in [5.74, 6) is -2.56. The molecule has 0 aromatic heterocycles. The van der Waals surface area contributed by atoms with Crippen molar-refractivity contribution in [2.45, 2.75) is 6.10 Å². The van der Waals surface area contributed by atoms with Gasteiger partial charge in [-0.3, -0.25) is 14.4 Å². The standard InChI is InChI=1S/C29H16Cl3NO5/c30-19-12-9-17(10-13-19)26(25(34)16-5-2-1-3-6-16)38-29(37)18-11-14-20-21(15-18)28(36)33(27(20)35)23-8-4-7-22(31)24(23)32/h1-15,26H/t26-/m0/s1. The van der Waals surface area contributed by atoms with Crippen molar-refractivity contribution in [3.05, 3.63) is 134 Å². The third-order valence-electron chi connectivity index (χ3n) is 5.99. The van der Waals surface area contributed by atoms with Crippen LogP contribution in [0.2, 0.25) is 15.1 Å². The highest BCUT2D eigenvalue weighted by Crippen LogP contribution is 2.37. The van der Waals surface area contributed by atoms with Crippen molar-refractivity contribution in [1.29, 1.82) is 0 Å². The number of benzene rings is 4. The Hall–Kier alpha value is -3.97. The summed E-state index contributed by atoms with van der Waals surface area (Å²) in [6, 6.07) is 23.4. The molecule has 4 aromatic rings. The van der Waals surface area contributed by atoms with Crippen molar-refractivity contribution < 1.29 is 23.9 Å². The van der Waals surface area contributed by atoms with E-state index < -0.39 is 29.7 Å². The molecule has 0 radical (unpaired) electrons. The number of halogens is 3. The number of anilines is 1. The lowest BCUT2D eigenvalue weighted by Gasteiger charge is -2.18. The maximum absolute atomic E-state index is 13.3. The van der Waals surface area contributed by atoms with Gasteiger partial charge in [0.05, 0.1) is 32.4 Å². The Balaban J connectivity index is 1.46. The lowest BCUT2D eigenvalue weighted by atomic mass is 9.99. The molecule has 1 atom stereocenters. The Labute approximate surface area is 232 Å². The zero-order chi connectivity index (χ0) is 27.0. The molecule has 1 aliphatic rings. The molecule has 4 aromatic carbocycles. The van der Waals surface area contributed by atoms with Crippen LogP contribution in [0.1, 0.15) is 53.1 Å². The van der Waals surface area contributed by atoms with E-state index in [2.05, 4.69) is 0 Å². The Morgan fingerprint density at radius 2 is 1.39 bits per heavy atom. The molecule has 9 heteroatoms. The molecule has 0 unspecified atom stereocenters. The van der Waals surface area contributed by atoms with Gasteiger partial charge in [-0.05, 0) is 42.5 Å². The number of hydrogen-bond donors (Lipinski definition) is 0. The topological polar surface area (TPSA) is 80.8 Å². The molecule has 6 nitrogen and oxygen atoms in total. The molecule has 1 aliphatic heterocycles. The van der Waals surface area contributed by atoms with Crippen molar-refractivity contribution in [3.8, 4) is 0 Å². The van der Waals surface area contributed by atoms with Gasteiger partial charge < -0.3 is 4.74 Å². The van der Waals surface area contributed by atoms with E-state index in [0.29, 0.717) is 16.1 Å². The Kier molecular flexibility index (Phi) is 7.04. The highest BCUT2D eigenvalue weighted by Gasteiger charge is 2.39. The van der Waals surface area contributed by atoms with E-state index in [1.165, 1.54) is 30.3 Å². The van der Waals surface area contributed by atoms with Gasteiger partial charge >= 0.3 is 5.97 Å². The van der Waals surface area contributed by atoms with Crippen LogP contribution in [-0.4, -0.2) is 23.6 Å². The number of nitrogens with zero attached hydrogens (tertiary/aromatic N) is 1. The zero-order valence-corrected chi connectivity index (χ0v) is 21.6.